The maximum Gasteiger partial charge on any atom is 0.162 e. The van der Waals surface area contributed by atoms with Gasteiger partial charge in [-0.25, -0.2) is 4.52 Å². The summed E-state index contributed by atoms with van der Waals surface area (Å²) >= 11 is 5.99. The van der Waals surface area contributed by atoms with Gasteiger partial charge in [0.2, 0.25) is 0 Å². The molecular formula is C27H23N5S. The fraction of sp³-hybridized carbons (Fsp3) is 0.148. The first-order chi connectivity index (χ1) is 16.3. The average Bonchev–Trinajstić information content (AvgIpc) is 3.29. The van der Waals surface area contributed by atoms with E-state index >= 15 is 0 Å². The molecule has 0 atom stereocenters. The van der Waals surface area contributed by atoms with Crippen molar-refractivity contribution in [2.24, 2.45) is 0 Å². The van der Waals surface area contributed by atoms with Gasteiger partial charge in [-0.15, -0.1) is 5.10 Å². The minimum absolute atomic E-state index is 0.646. The number of thiocarbonyl (C=S) groups is 1. The molecule has 6 heteroatoms. The summed E-state index contributed by atoms with van der Waals surface area (Å²) in [5.74, 6) is 0.985. The zero-order valence-electron chi connectivity index (χ0n) is 18.1. The zero-order valence-corrected chi connectivity index (χ0v) is 18.9. The predicted molar refractivity (Wildman–Crippen MR) is 137 cm³/mol. The third kappa shape index (κ3) is 3.43. The molecule has 0 fully saturated rings. The van der Waals surface area contributed by atoms with Crippen LogP contribution in [0.1, 0.15) is 24.1 Å². The lowest BCUT2D eigenvalue weighted by Gasteiger charge is -2.11. The number of anilines is 1. The SMILES string of the molecule is S=C(Nc1cccnc1)c1c(-c2ccccc2)c2c3n(c(-c4ccccc4)nn13)CCCC2. The van der Waals surface area contributed by atoms with Crippen molar-refractivity contribution >= 4 is 28.5 Å². The highest BCUT2D eigenvalue weighted by molar-refractivity contribution is 7.81. The lowest BCUT2D eigenvalue weighted by atomic mass is 9.98. The Kier molecular flexibility index (Phi) is 5.00. The molecule has 162 valence electrons. The van der Waals surface area contributed by atoms with Crippen LogP contribution in [0.25, 0.3) is 28.2 Å². The Morgan fingerprint density at radius 2 is 1.64 bits per heavy atom. The third-order valence-corrected chi connectivity index (χ3v) is 6.51. The minimum atomic E-state index is 0.646. The second-order valence-electron chi connectivity index (χ2n) is 8.30. The van der Waals surface area contributed by atoms with Crippen molar-refractivity contribution in [1.29, 1.82) is 0 Å². The van der Waals surface area contributed by atoms with Crippen LogP contribution < -0.4 is 5.32 Å². The second kappa shape index (κ2) is 8.30. The number of aromatic nitrogens is 4. The van der Waals surface area contributed by atoms with E-state index in [9.17, 15) is 0 Å². The molecule has 33 heavy (non-hydrogen) atoms. The summed E-state index contributed by atoms with van der Waals surface area (Å²) in [4.78, 5) is 4.87. The number of rotatable bonds is 4. The van der Waals surface area contributed by atoms with Crippen molar-refractivity contribution in [1.82, 2.24) is 19.2 Å². The van der Waals surface area contributed by atoms with Gasteiger partial charge in [-0.2, -0.15) is 0 Å². The van der Waals surface area contributed by atoms with E-state index in [0.29, 0.717) is 4.99 Å². The second-order valence-corrected chi connectivity index (χ2v) is 8.71. The molecule has 0 saturated heterocycles. The molecule has 0 unspecified atom stereocenters. The minimum Gasteiger partial charge on any atom is -0.344 e. The summed E-state index contributed by atoms with van der Waals surface area (Å²) in [7, 11) is 0. The summed E-state index contributed by atoms with van der Waals surface area (Å²) in [5.41, 5.74) is 7.73. The highest BCUT2D eigenvalue weighted by Crippen LogP contribution is 2.38. The first-order valence-corrected chi connectivity index (χ1v) is 11.7. The van der Waals surface area contributed by atoms with Crippen LogP contribution in [0.4, 0.5) is 5.69 Å². The van der Waals surface area contributed by atoms with E-state index in [1.165, 1.54) is 11.1 Å². The summed E-state index contributed by atoms with van der Waals surface area (Å²) < 4.78 is 4.44. The molecule has 0 saturated carbocycles. The molecule has 4 heterocycles. The number of benzene rings is 2. The zero-order chi connectivity index (χ0) is 22.2. The molecule has 1 N–H and O–H groups in total. The molecule has 0 aliphatic carbocycles. The van der Waals surface area contributed by atoms with Gasteiger partial charge in [-0.1, -0.05) is 72.9 Å². The van der Waals surface area contributed by atoms with E-state index < -0.39 is 0 Å². The van der Waals surface area contributed by atoms with Gasteiger partial charge in [0, 0.05) is 29.4 Å². The average molecular weight is 450 g/mol. The fourth-order valence-electron chi connectivity index (χ4n) is 4.79. The van der Waals surface area contributed by atoms with Crippen molar-refractivity contribution in [3.8, 4) is 22.5 Å². The molecule has 2 aromatic carbocycles. The van der Waals surface area contributed by atoms with Crippen LogP contribution in [0.15, 0.2) is 85.2 Å². The molecule has 1 aliphatic heterocycles. The molecule has 0 amide bonds. The molecule has 0 radical (unpaired) electrons. The lowest BCUT2D eigenvalue weighted by molar-refractivity contribution is 0.645. The van der Waals surface area contributed by atoms with Gasteiger partial charge in [-0.3, -0.25) is 4.98 Å². The first kappa shape index (κ1) is 19.9. The monoisotopic (exact) mass is 449 g/mol. The summed E-state index contributed by atoms with van der Waals surface area (Å²) in [6.45, 7) is 0.946. The van der Waals surface area contributed by atoms with Crippen LogP contribution in [0.5, 0.6) is 0 Å². The third-order valence-electron chi connectivity index (χ3n) is 6.21. The Morgan fingerprint density at radius 3 is 2.36 bits per heavy atom. The maximum absolute atomic E-state index is 5.99. The van der Waals surface area contributed by atoms with Crippen molar-refractivity contribution in [2.75, 3.05) is 5.32 Å². The quantitative estimate of drug-likeness (QED) is 0.343. The van der Waals surface area contributed by atoms with Crippen LogP contribution in [0, 0.1) is 0 Å². The van der Waals surface area contributed by atoms with Gasteiger partial charge in [-0.05, 0) is 37.0 Å². The summed E-state index contributed by atoms with van der Waals surface area (Å²) in [6, 6.07) is 24.8. The molecule has 5 nitrogen and oxygen atoms in total. The highest BCUT2D eigenvalue weighted by atomic mass is 32.1. The van der Waals surface area contributed by atoms with Crippen molar-refractivity contribution in [3.05, 3.63) is 96.4 Å². The van der Waals surface area contributed by atoms with Crippen molar-refractivity contribution in [3.63, 3.8) is 0 Å². The molecule has 6 rings (SSSR count). The largest absolute Gasteiger partial charge is 0.344 e. The Hall–Kier alpha value is -3.77. The van der Waals surface area contributed by atoms with E-state index in [1.807, 2.05) is 18.2 Å². The normalized spacial score (nSPS) is 13.1. The van der Waals surface area contributed by atoms with E-state index in [-0.39, 0.29) is 0 Å². The van der Waals surface area contributed by atoms with Gasteiger partial charge in [0.1, 0.15) is 16.3 Å². The van der Waals surface area contributed by atoms with E-state index in [1.54, 1.807) is 12.4 Å². The van der Waals surface area contributed by atoms with Crippen LogP contribution in [0.3, 0.4) is 0 Å². The number of aryl methyl sites for hydroxylation is 2. The Labute approximate surface area is 197 Å². The lowest BCUT2D eigenvalue weighted by Crippen LogP contribution is -2.15. The van der Waals surface area contributed by atoms with Gasteiger partial charge in [0.15, 0.2) is 5.82 Å². The van der Waals surface area contributed by atoms with E-state index in [4.69, 9.17) is 17.3 Å². The predicted octanol–water partition coefficient (Wildman–Crippen LogP) is 5.99. The number of hydrogen-bond donors (Lipinski definition) is 1. The molecule has 5 aromatic rings. The van der Waals surface area contributed by atoms with Crippen molar-refractivity contribution < 1.29 is 0 Å². The number of hydrogen-bond acceptors (Lipinski definition) is 3. The fourth-order valence-corrected chi connectivity index (χ4v) is 5.10. The van der Waals surface area contributed by atoms with Gasteiger partial charge < -0.3 is 9.88 Å². The highest BCUT2D eigenvalue weighted by Gasteiger charge is 2.29. The molecule has 1 aliphatic rings. The smallest absolute Gasteiger partial charge is 0.162 e. The van der Waals surface area contributed by atoms with Gasteiger partial charge >= 0.3 is 0 Å². The Morgan fingerprint density at radius 1 is 0.879 bits per heavy atom. The van der Waals surface area contributed by atoms with Gasteiger partial charge in [0.05, 0.1) is 11.9 Å². The molecule has 0 bridgehead atoms. The van der Waals surface area contributed by atoms with Crippen LogP contribution in [0.2, 0.25) is 0 Å². The number of nitrogens with one attached hydrogen (secondary N) is 1. The summed E-state index contributed by atoms with van der Waals surface area (Å²) in [6.07, 6.45) is 6.82. The van der Waals surface area contributed by atoms with Crippen LogP contribution >= 0.6 is 12.2 Å². The standard InChI is InChI=1S/C27H23N5S/c33-26(29-21-14-9-16-28-18-21)24-23(19-10-3-1-4-11-19)22-15-7-8-17-31-25(30-32(24)27(22)31)20-12-5-2-6-13-20/h1-6,9-14,16,18H,7-8,15,17H2,(H,29,33). The van der Waals surface area contributed by atoms with Crippen LogP contribution in [-0.4, -0.2) is 24.2 Å². The molecular weight excluding hydrogens is 426 g/mol. The topological polar surface area (TPSA) is 47.2 Å². The Bertz CT molecular complexity index is 1440. The van der Waals surface area contributed by atoms with Crippen molar-refractivity contribution in [2.45, 2.75) is 25.8 Å². The van der Waals surface area contributed by atoms with Gasteiger partial charge in [0.25, 0.3) is 0 Å². The maximum atomic E-state index is 5.99. The van der Waals surface area contributed by atoms with E-state index in [2.05, 4.69) is 74.0 Å². The Balaban J connectivity index is 1.63. The first-order valence-electron chi connectivity index (χ1n) is 11.3. The van der Waals surface area contributed by atoms with Crippen LogP contribution in [-0.2, 0) is 13.0 Å². The number of pyridine rings is 1. The molecule has 3 aromatic heterocycles. The van der Waals surface area contributed by atoms with E-state index in [0.717, 1.165) is 59.8 Å². The molecule has 0 spiro atoms. The number of nitrogens with zero attached hydrogens (tertiary/aromatic N) is 4. The summed E-state index contributed by atoms with van der Waals surface area (Å²) in [5, 5.41) is 8.54.